The molecule has 0 saturated carbocycles. The van der Waals surface area contributed by atoms with Crippen LogP contribution in [0.4, 0.5) is 5.69 Å². The van der Waals surface area contributed by atoms with E-state index in [-0.39, 0.29) is 12.5 Å². The van der Waals surface area contributed by atoms with E-state index in [2.05, 4.69) is 20.0 Å². The molecule has 1 aromatic carbocycles. The monoisotopic (exact) mass is 307 g/mol. The topological polar surface area (TPSA) is 64.7 Å². The summed E-state index contributed by atoms with van der Waals surface area (Å²) in [6.45, 7) is 1.22. The Balaban J connectivity index is 1.53. The van der Waals surface area contributed by atoms with Gasteiger partial charge in [0.15, 0.2) is 0 Å². The molecule has 1 N–H and O–H groups in total. The van der Waals surface area contributed by atoms with Gasteiger partial charge in [-0.05, 0) is 24.6 Å². The molecule has 6 heteroatoms. The Labute approximate surface area is 133 Å². The molecule has 0 aliphatic carbocycles. The number of carbonyl (C=O) groups excluding carboxylic acids is 1. The standard InChI is InChI=1S/C17H17N5O/c23-17(12-21-8-3-7-19-21)20-14-5-1-4-13(10-14)15-11-18-16-6-2-9-22(15)16/h1,3-5,7-8,10-11H,2,6,9,12H2,(H,20,23). The number of imidazole rings is 1. The van der Waals surface area contributed by atoms with Crippen LogP contribution in [-0.2, 0) is 24.3 Å². The molecule has 0 radical (unpaired) electrons. The number of amides is 1. The van der Waals surface area contributed by atoms with Crippen molar-refractivity contribution in [3.8, 4) is 11.3 Å². The lowest BCUT2D eigenvalue weighted by Gasteiger charge is -2.09. The summed E-state index contributed by atoms with van der Waals surface area (Å²) < 4.78 is 3.85. The van der Waals surface area contributed by atoms with Gasteiger partial charge in [-0.25, -0.2) is 4.98 Å². The third-order valence-electron chi connectivity index (χ3n) is 4.03. The van der Waals surface area contributed by atoms with Gasteiger partial charge < -0.3 is 9.88 Å². The fraction of sp³-hybridized carbons (Fsp3) is 0.235. The van der Waals surface area contributed by atoms with Crippen LogP contribution in [-0.4, -0.2) is 25.2 Å². The van der Waals surface area contributed by atoms with Crippen LogP contribution in [0.1, 0.15) is 12.2 Å². The van der Waals surface area contributed by atoms with Gasteiger partial charge in [0.25, 0.3) is 0 Å². The predicted molar refractivity (Wildman–Crippen MR) is 86.8 cm³/mol. The van der Waals surface area contributed by atoms with Gasteiger partial charge in [-0.3, -0.25) is 9.48 Å². The van der Waals surface area contributed by atoms with Crippen molar-refractivity contribution in [3.05, 3.63) is 54.7 Å². The molecule has 4 rings (SSSR count). The third kappa shape index (κ3) is 2.75. The van der Waals surface area contributed by atoms with Crippen LogP contribution in [0.15, 0.2) is 48.9 Å². The Morgan fingerprint density at radius 1 is 1.30 bits per heavy atom. The second kappa shape index (κ2) is 5.72. The molecule has 1 amide bonds. The Bertz CT molecular complexity index is 835. The minimum Gasteiger partial charge on any atom is -0.328 e. The number of hydrogen-bond acceptors (Lipinski definition) is 3. The SMILES string of the molecule is O=C(Cn1cccn1)Nc1cccc(-c2cnc3n2CCC3)c1. The van der Waals surface area contributed by atoms with Crippen LogP contribution in [0.2, 0.25) is 0 Å². The lowest BCUT2D eigenvalue weighted by Crippen LogP contribution is -2.18. The fourth-order valence-electron chi connectivity index (χ4n) is 2.99. The third-order valence-corrected chi connectivity index (χ3v) is 4.03. The van der Waals surface area contributed by atoms with E-state index in [1.54, 1.807) is 23.1 Å². The highest BCUT2D eigenvalue weighted by atomic mass is 16.2. The highest BCUT2D eigenvalue weighted by molar-refractivity contribution is 5.91. The van der Waals surface area contributed by atoms with E-state index in [9.17, 15) is 4.79 Å². The number of aromatic nitrogens is 4. The van der Waals surface area contributed by atoms with E-state index >= 15 is 0 Å². The maximum atomic E-state index is 12.1. The van der Waals surface area contributed by atoms with Gasteiger partial charge >= 0.3 is 0 Å². The first-order valence-electron chi connectivity index (χ1n) is 7.72. The second-order valence-corrected chi connectivity index (χ2v) is 5.65. The lowest BCUT2D eigenvalue weighted by molar-refractivity contribution is -0.116. The summed E-state index contributed by atoms with van der Waals surface area (Å²) in [5, 5.41) is 6.96. The molecule has 0 atom stereocenters. The number of hydrogen-bond donors (Lipinski definition) is 1. The molecule has 23 heavy (non-hydrogen) atoms. The van der Waals surface area contributed by atoms with E-state index in [1.807, 2.05) is 30.5 Å². The van der Waals surface area contributed by atoms with Crippen molar-refractivity contribution in [1.29, 1.82) is 0 Å². The molecule has 2 aromatic heterocycles. The zero-order valence-corrected chi connectivity index (χ0v) is 12.6. The normalized spacial score (nSPS) is 13.0. The molecule has 3 aromatic rings. The van der Waals surface area contributed by atoms with E-state index in [0.717, 1.165) is 42.2 Å². The van der Waals surface area contributed by atoms with Gasteiger partial charge in [-0.2, -0.15) is 5.10 Å². The largest absolute Gasteiger partial charge is 0.328 e. The fourth-order valence-corrected chi connectivity index (χ4v) is 2.99. The molecule has 0 spiro atoms. The summed E-state index contributed by atoms with van der Waals surface area (Å²) >= 11 is 0. The van der Waals surface area contributed by atoms with Crippen LogP contribution in [0.25, 0.3) is 11.3 Å². The van der Waals surface area contributed by atoms with Gasteiger partial charge in [-0.15, -0.1) is 0 Å². The summed E-state index contributed by atoms with van der Waals surface area (Å²) in [4.78, 5) is 16.6. The molecule has 0 unspecified atom stereocenters. The van der Waals surface area contributed by atoms with Crippen LogP contribution < -0.4 is 5.32 Å². The molecule has 0 saturated heterocycles. The number of rotatable bonds is 4. The molecule has 1 aliphatic heterocycles. The quantitative estimate of drug-likeness (QED) is 0.804. The summed E-state index contributed by atoms with van der Waals surface area (Å²) in [5.41, 5.74) is 2.97. The lowest BCUT2D eigenvalue weighted by atomic mass is 10.1. The maximum absolute atomic E-state index is 12.1. The Kier molecular flexibility index (Phi) is 3.42. The van der Waals surface area contributed by atoms with Crippen LogP contribution in [0, 0.1) is 0 Å². The summed E-state index contributed by atoms with van der Waals surface area (Å²) in [6, 6.07) is 9.68. The van der Waals surface area contributed by atoms with Crippen molar-refractivity contribution in [2.45, 2.75) is 25.9 Å². The average molecular weight is 307 g/mol. The Morgan fingerprint density at radius 3 is 3.13 bits per heavy atom. The molecule has 6 nitrogen and oxygen atoms in total. The minimum atomic E-state index is -0.0932. The van der Waals surface area contributed by atoms with Crippen LogP contribution in [0.5, 0.6) is 0 Å². The summed E-state index contributed by atoms with van der Waals surface area (Å²) in [5.74, 6) is 1.05. The van der Waals surface area contributed by atoms with Crippen molar-refractivity contribution < 1.29 is 4.79 Å². The van der Waals surface area contributed by atoms with Gasteiger partial charge in [0, 0.05) is 36.6 Å². The number of aryl methyl sites for hydroxylation is 1. The van der Waals surface area contributed by atoms with Crippen molar-refractivity contribution in [2.75, 3.05) is 5.32 Å². The Morgan fingerprint density at radius 2 is 2.26 bits per heavy atom. The van der Waals surface area contributed by atoms with Gasteiger partial charge in [0.1, 0.15) is 12.4 Å². The molecule has 0 fully saturated rings. The predicted octanol–water partition coefficient (Wildman–Crippen LogP) is 2.33. The molecular formula is C17H17N5O. The number of anilines is 1. The van der Waals surface area contributed by atoms with Crippen molar-refractivity contribution in [1.82, 2.24) is 19.3 Å². The van der Waals surface area contributed by atoms with E-state index in [1.165, 1.54) is 0 Å². The highest BCUT2D eigenvalue weighted by Gasteiger charge is 2.16. The van der Waals surface area contributed by atoms with Crippen LogP contribution >= 0.6 is 0 Å². The molecule has 116 valence electrons. The van der Waals surface area contributed by atoms with E-state index in [4.69, 9.17) is 0 Å². The van der Waals surface area contributed by atoms with Gasteiger partial charge in [0.2, 0.25) is 5.91 Å². The van der Waals surface area contributed by atoms with Gasteiger partial charge in [0.05, 0.1) is 11.9 Å². The molecule has 1 aliphatic rings. The minimum absolute atomic E-state index is 0.0932. The first kappa shape index (κ1) is 13.8. The number of nitrogens with zero attached hydrogens (tertiary/aromatic N) is 4. The maximum Gasteiger partial charge on any atom is 0.246 e. The Hall–Kier alpha value is -2.89. The zero-order chi connectivity index (χ0) is 15.6. The van der Waals surface area contributed by atoms with Crippen molar-refractivity contribution >= 4 is 11.6 Å². The molecular weight excluding hydrogens is 290 g/mol. The molecule has 3 heterocycles. The van der Waals surface area contributed by atoms with E-state index < -0.39 is 0 Å². The van der Waals surface area contributed by atoms with Crippen molar-refractivity contribution in [2.24, 2.45) is 0 Å². The smallest absolute Gasteiger partial charge is 0.246 e. The number of carbonyl (C=O) groups is 1. The average Bonchev–Trinajstić information content (AvgIpc) is 3.24. The second-order valence-electron chi connectivity index (χ2n) is 5.65. The first-order chi connectivity index (χ1) is 11.3. The van der Waals surface area contributed by atoms with Crippen molar-refractivity contribution in [3.63, 3.8) is 0 Å². The molecule has 0 bridgehead atoms. The number of benzene rings is 1. The van der Waals surface area contributed by atoms with Gasteiger partial charge in [-0.1, -0.05) is 12.1 Å². The number of fused-ring (bicyclic) bond motifs is 1. The van der Waals surface area contributed by atoms with E-state index in [0.29, 0.717) is 0 Å². The van der Waals surface area contributed by atoms with Crippen LogP contribution in [0.3, 0.4) is 0 Å². The number of nitrogens with one attached hydrogen (secondary N) is 1. The highest BCUT2D eigenvalue weighted by Crippen LogP contribution is 2.27. The summed E-state index contributed by atoms with van der Waals surface area (Å²) in [6.07, 6.45) is 7.54. The zero-order valence-electron chi connectivity index (χ0n) is 12.6. The first-order valence-corrected chi connectivity index (χ1v) is 7.72. The summed E-state index contributed by atoms with van der Waals surface area (Å²) in [7, 11) is 0.